The Labute approximate surface area is 273 Å². The van der Waals surface area contributed by atoms with Crippen LogP contribution < -0.4 is 0 Å². The van der Waals surface area contributed by atoms with E-state index >= 15 is 0 Å². The van der Waals surface area contributed by atoms with Crippen molar-refractivity contribution in [2.45, 2.75) is 90.0 Å². The van der Waals surface area contributed by atoms with E-state index in [9.17, 15) is 4.79 Å². The van der Waals surface area contributed by atoms with Crippen LogP contribution >= 0.6 is 22.6 Å². The normalized spacial score (nSPS) is 17.1. The molecule has 0 radical (unpaired) electrons. The van der Waals surface area contributed by atoms with E-state index in [1.807, 2.05) is 57.2 Å². The third kappa shape index (κ3) is 9.49. The second-order valence-corrected chi connectivity index (χ2v) is 12.2. The van der Waals surface area contributed by atoms with Gasteiger partial charge < -0.3 is 23.4 Å². The Morgan fingerprint density at radius 3 is 1.95 bits per heavy atom. The van der Waals surface area contributed by atoms with Crippen LogP contribution in [0.15, 0.2) is 57.4 Å². The number of aliphatic carboxylic acids is 1. The molecule has 9 heteroatoms. The SMILES string of the molecule is CCC(OCC1CCCC(OCc2nc(-c3ccc(C)cc3)oc2C)C1)C(=O)O.Cc1ccc(-c2nc(CI)c(C)o2)cc1. The number of ether oxygens (including phenoxy) is 2. The molecule has 0 bridgehead atoms. The summed E-state index contributed by atoms with van der Waals surface area (Å²) in [6.07, 6.45) is 3.92. The van der Waals surface area contributed by atoms with Crippen molar-refractivity contribution in [1.29, 1.82) is 0 Å². The summed E-state index contributed by atoms with van der Waals surface area (Å²) in [4.78, 5) is 20.2. The fourth-order valence-corrected chi connectivity index (χ4v) is 5.82. The number of rotatable bonds is 11. The number of hydrogen-bond acceptors (Lipinski definition) is 7. The molecule has 5 rings (SSSR count). The van der Waals surface area contributed by atoms with Gasteiger partial charge >= 0.3 is 5.97 Å². The van der Waals surface area contributed by atoms with Crippen LogP contribution in [0.25, 0.3) is 22.9 Å². The lowest BCUT2D eigenvalue weighted by molar-refractivity contribution is -0.152. The molecule has 1 aliphatic carbocycles. The quantitative estimate of drug-likeness (QED) is 0.121. The molecule has 2 aromatic heterocycles. The van der Waals surface area contributed by atoms with Gasteiger partial charge in [-0.05, 0) is 83.6 Å². The van der Waals surface area contributed by atoms with E-state index in [4.69, 9.17) is 23.4 Å². The number of aromatic nitrogens is 2. The highest BCUT2D eigenvalue weighted by Gasteiger charge is 2.26. The maximum absolute atomic E-state index is 11.1. The van der Waals surface area contributed by atoms with E-state index in [0.29, 0.717) is 31.4 Å². The Morgan fingerprint density at radius 2 is 1.45 bits per heavy atom. The van der Waals surface area contributed by atoms with Gasteiger partial charge in [0.2, 0.25) is 11.8 Å². The van der Waals surface area contributed by atoms with Gasteiger partial charge in [-0.25, -0.2) is 14.8 Å². The number of oxazole rings is 2. The zero-order valence-corrected chi connectivity index (χ0v) is 28.4. The van der Waals surface area contributed by atoms with Gasteiger partial charge in [-0.2, -0.15) is 0 Å². The molecule has 3 unspecified atom stereocenters. The third-order valence-corrected chi connectivity index (χ3v) is 8.60. The molecule has 0 saturated heterocycles. The van der Waals surface area contributed by atoms with E-state index in [2.05, 4.69) is 58.5 Å². The second kappa shape index (κ2) is 16.3. The minimum absolute atomic E-state index is 0.140. The average molecular weight is 715 g/mol. The van der Waals surface area contributed by atoms with Gasteiger partial charge in [0.1, 0.15) is 17.2 Å². The van der Waals surface area contributed by atoms with Crippen molar-refractivity contribution >= 4 is 28.6 Å². The van der Waals surface area contributed by atoms with Crippen molar-refractivity contribution in [2.24, 2.45) is 5.92 Å². The molecule has 1 fully saturated rings. The minimum Gasteiger partial charge on any atom is -0.479 e. The van der Waals surface area contributed by atoms with Crippen LogP contribution in [0, 0.1) is 33.6 Å². The Balaban J connectivity index is 0.000000246. The lowest BCUT2D eigenvalue weighted by Crippen LogP contribution is -2.30. The number of aryl methyl sites for hydroxylation is 4. The van der Waals surface area contributed by atoms with Crippen molar-refractivity contribution in [2.75, 3.05) is 6.61 Å². The number of carboxylic acids is 1. The van der Waals surface area contributed by atoms with Gasteiger partial charge in [-0.1, -0.05) is 71.3 Å². The summed E-state index contributed by atoms with van der Waals surface area (Å²) in [7, 11) is 0. The number of alkyl halides is 1. The van der Waals surface area contributed by atoms with Crippen molar-refractivity contribution in [3.63, 3.8) is 0 Å². The number of carbonyl (C=O) groups is 1. The molecule has 3 atom stereocenters. The van der Waals surface area contributed by atoms with E-state index in [1.54, 1.807) is 0 Å². The molecule has 236 valence electrons. The lowest BCUT2D eigenvalue weighted by Gasteiger charge is -2.29. The summed E-state index contributed by atoms with van der Waals surface area (Å²) in [6.45, 7) is 10.7. The summed E-state index contributed by atoms with van der Waals surface area (Å²) >= 11 is 2.29. The first-order valence-electron chi connectivity index (χ1n) is 15.2. The fourth-order valence-electron chi connectivity index (χ4n) is 5.11. The maximum atomic E-state index is 11.1. The Morgan fingerprint density at radius 1 is 0.909 bits per heavy atom. The molecular weight excluding hydrogens is 671 g/mol. The number of halogens is 1. The van der Waals surface area contributed by atoms with E-state index < -0.39 is 12.1 Å². The molecule has 44 heavy (non-hydrogen) atoms. The Kier molecular flexibility index (Phi) is 12.6. The van der Waals surface area contributed by atoms with Crippen molar-refractivity contribution in [3.8, 4) is 22.9 Å². The van der Waals surface area contributed by atoms with Gasteiger partial charge in [0.15, 0.2) is 6.10 Å². The Hall–Kier alpha value is -3.02. The van der Waals surface area contributed by atoms with Gasteiger partial charge in [-0.3, -0.25) is 0 Å². The number of nitrogens with zero attached hydrogens (tertiary/aromatic N) is 2. The molecular formula is C35H43IN2O6. The van der Waals surface area contributed by atoms with Crippen LogP contribution in [-0.2, 0) is 25.3 Å². The topological polar surface area (TPSA) is 108 Å². The van der Waals surface area contributed by atoms with Crippen LogP contribution in [0.5, 0.6) is 0 Å². The second-order valence-electron chi connectivity index (χ2n) is 11.4. The van der Waals surface area contributed by atoms with E-state index in [0.717, 1.165) is 70.0 Å². The average Bonchev–Trinajstić information content (AvgIpc) is 3.59. The lowest BCUT2D eigenvalue weighted by atomic mass is 9.87. The van der Waals surface area contributed by atoms with Crippen LogP contribution in [0.2, 0.25) is 0 Å². The van der Waals surface area contributed by atoms with Crippen molar-refractivity contribution < 1.29 is 28.2 Å². The number of carboxylic acid groups (broad SMARTS) is 1. The number of hydrogen-bond donors (Lipinski definition) is 1. The van der Waals surface area contributed by atoms with Gasteiger partial charge in [0.25, 0.3) is 0 Å². The molecule has 0 spiro atoms. The standard InChI is InChI=1S/C23H31NO5.C12H12INO/c1-4-21(23(25)26)28-13-17-6-5-7-19(12-17)27-14-20-16(3)29-22(24-20)18-10-8-15(2)9-11-18;1-8-3-5-10(6-4-8)12-14-11(7-13)9(2)15-12/h8-11,17,19,21H,4-7,12-14H2,1-3H3,(H,25,26);3-6H,7H2,1-2H3. The molecule has 1 aliphatic rings. The van der Waals surface area contributed by atoms with Crippen LogP contribution in [0.1, 0.15) is 73.1 Å². The molecule has 2 aromatic carbocycles. The predicted octanol–water partition coefficient (Wildman–Crippen LogP) is 8.81. The highest BCUT2D eigenvalue weighted by atomic mass is 127. The molecule has 1 saturated carbocycles. The highest BCUT2D eigenvalue weighted by Crippen LogP contribution is 2.29. The fraction of sp³-hybridized carbons (Fsp3) is 0.457. The molecule has 0 aliphatic heterocycles. The first kappa shape index (κ1) is 33.9. The highest BCUT2D eigenvalue weighted by molar-refractivity contribution is 14.1. The third-order valence-electron chi connectivity index (χ3n) is 7.88. The summed E-state index contributed by atoms with van der Waals surface area (Å²) in [5, 5.41) is 9.12. The zero-order chi connectivity index (χ0) is 31.6. The van der Waals surface area contributed by atoms with Crippen LogP contribution in [0.4, 0.5) is 0 Å². The number of benzene rings is 2. The van der Waals surface area contributed by atoms with E-state index in [-0.39, 0.29) is 6.10 Å². The molecule has 0 amide bonds. The zero-order valence-electron chi connectivity index (χ0n) is 26.3. The van der Waals surface area contributed by atoms with Crippen molar-refractivity contribution in [1.82, 2.24) is 9.97 Å². The molecule has 8 nitrogen and oxygen atoms in total. The summed E-state index contributed by atoms with van der Waals surface area (Å²) < 4.78 is 24.1. The monoisotopic (exact) mass is 714 g/mol. The molecule has 2 heterocycles. The summed E-state index contributed by atoms with van der Waals surface area (Å²) in [5.41, 5.74) is 6.31. The van der Waals surface area contributed by atoms with Crippen LogP contribution in [-0.4, -0.2) is 39.9 Å². The van der Waals surface area contributed by atoms with Gasteiger partial charge in [0.05, 0.1) is 25.0 Å². The van der Waals surface area contributed by atoms with Crippen LogP contribution in [0.3, 0.4) is 0 Å². The van der Waals surface area contributed by atoms with Gasteiger partial charge in [0, 0.05) is 15.6 Å². The van der Waals surface area contributed by atoms with E-state index in [1.165, 1.54) is 11.1 Å². The first-order valence-corrected chi connectivity index (χ1v) is 16.8. The Bertz CT molecular complexity index is 1480. The summed E-state index contributed by atoms with van der Waals surface area (Å²) in [6, 6.07) is 16.3. The molecule has 4 aromatic rings. The predicted molar refractivity (Wildman–Crippen MR) is 179 cm³/mol. The molecule has 1 N–H and O–H groups in total. The minimum atomic E-state index is -0.887. The van der Waals surface area contributed by atoms with Crippen molar-refractivity contribution in [3.05, 3.63) is 82.6 Å². The smallest absolute Gasteiger partial charge is 0.332 e. The largest absolute Gasteiger partial charge is 0.479 e. The van der Waals surface area contributed by atoms with Gasteiger partial charge in [-0.15, -0.1) is 0 Å². The first-order chi connectivity index (χ1) is 21.2. The summed E-state index contributed by atoms with van der Waals surface area (Å²) in [5.74, 6) is 2.49. The maximum Gasteiger partial charge on any atom is 0.332 e.